The van der Waals surface area contributed by atoms with Crippen LogP contribution in [0.1, 0.15) is 0 Å². The Morgan fingerprint density at radius 3 is 0.964 bits per heavy atom. The zero-order valence-electron chi connectivity index (χ0n) is 18.2. The van der Waals surface area contributed by atoms with Gasteiger partial charge in [-0.3, -0.25) is 0 Å². The van der Waals surface area contributed by atoms with Gasteiger partial charge in [0.2, 0.25) is 0 Å². The predicted octanol–water partition coefficient (Wildman–Crippen LogP) is 5.48. The highest BCUT2D eigenvalue weighted by molar-refractivity contribution is 8.21. The zero-order chi connectivity index (χ0) is 22.0. The first-order chi connectivity index (χ1) is 12.4. The highest BCUT2D eigenvalue weighted by Crippen LogP contribution is 2.62. The van der Waals surface area contributed by atoms with Gasteiger partial charge in [-0.15, -0.1) is 0 Å². The van der Waals surface area contributed by atoms with Crippen LogP contribution in [0.15, 0.2) is 12.4 Å². The summed E-state index contributed by atoms with van der Waals surface area (Å²) >= 11 is 23.5. The molecule has 28 heavy (non-hydrogen) atoms. The fraction of sp³-hybridized carbons (Fsp3) is 0.750. The van der Waals surface area contributed by atoms with Gasteiger partial charge in [-0.1, -0.05) is 63.1 Å². The van der Waals surface area contributed by atoms with Crippen molar-refractivity contribution >= 4 is 97.8 Å². The van der Waals surface area contributed by atoms with E-state index < -0.39 is 40.0 Å². The van der Waals surface area contributed by atoms with Crippen molar-refractivity contribution in [2.45, 2.75) is 0 Å². The van der Waals surface area contributed by atoms with Crippen LogP contribution in [0.25, 0.3) is 0 Å². The van der Waals surface area contributed by atoms with Gasteiger partial charge in [0.05, 0.1) is 12.4 Å². The van der Waals surface area contributed by atoms with E-state index in [1.807, 2.05) is 12.4 Å². The second-order valence-electron chi connectivity index (χ2n) is 9.20. The lowest BCUT2D eigenvalue weighted by molar-refractivity contribution is 1.05. The summed E-state index contributed by atoms with van der Waals surface area (Å²) in [4.78, 5) is 0. The van der Waals surface area contributed by atoms with Crippen molar-refractivity contribution in [3.05, 3.63) is 12.4 Å². The predicted molar refractivity (Wildman–Crippen MR) is 159 cm³/mol. The van der Waals surface area contributed by atoms with Crippen molar-refractivity contribution in [3.63, 3.8) is 0 Å². The third-order valence-electron chi connectivity index (χ3n) is 3.42. The molecule has 1 aromatic heterocycles. The van der Waals surface area contributed by atoms with Crippen LogP contribution in [0.4, 0.5) is 0 Å². The van der Waals surface area contributed by atoms with Crippen molar-refractivity contribution in [2.75, 3.05) is 76.9 Å². The molecule has 0 amide bonds. The summed E-state index contributed by atoms with van der Waals surface area (Å²) in [5, 5.41) is 11.4. The first-order valence-electron chi connectivity index (χ1n) is 8.83. The van der Waals surface area contributed by atoms with E-state index in [2.05, 4.69) is 63.5 Å². The molecule has 0 saturated carbocycles. The summed E-state index contributed by atoms with van der Waals surface area (Å²) in [7, 11) is -0.815. The molecular weight excluding hydrogens is 534 g/mol. The standard InChI is InChI=1S/C16H34N2P6S4/c1-21(2,25)11-19(12-22(3,4)26)15-9-17-18-10-16(15)20(13-23(5,6)27)14-24(7,8)28/h9-10H,11-14H2,1-8H3. The van der Waals surface area contributed by atoms with E-state index in [4.69, 9.17) is 47.2 Å². The summed E-state index contributed by atoms with van der Waals surface area (Å²) in [5.41, 5.74) is 0. The van der Waals surface area contributed by atoms with E-state index >= 15 is 0 Å². The second kappa shape index (κ2) is 11.1. The van der Waals surface area contributed by atoms with E-state index in [-0.39, 0.29) is 0 Å². The van der Waals surface area contributed by atoms with Crippen LogP contribution >= 0.6 is 40.0 Å². The van der Waals surface area contributed by atoms with E-state index in [9.17, 15) is 0 Å². The molecule has 0 spiro atoms. The fourth-order valence-corrected chi connectivity index (χ4v) is 27.8. The highest BCUT2D eigenvalue weighted by atomic mass is 32.5. The van der Waals surface area contributed by atoms with Crippen LogP contribution in [0.2, 0.25) is 0 Å². The van der Waals surface area contributed by atoms with Crippen LogP contribution in [-0.2, 0) is 47.2 Å². The molecule has 0 saturated heterocycles. The summed E-state index contributed by atoms with van der Waals surface area (Å²) in [5.74, 6) is 4.44. The third-order valence-corrected chi connectivity index (χ3v) is 26.2. The van der Waals surface area contributed by atoms with Gasteiger partial charge < -0.3 is 0 Å². The Balaban J connectivity index is 3.53. The van der Waals surface area contributed by atoms with Crippen LogP contribution in [0.3, 0.4) is 0 Å². The molecule has 0 bridgehead atoms. The van der Waals surface area contributed by atoms with Crippen LogP contribution in [0.5, 0.6) is 0 Å². The lowest BCUT2D eigenvalue weighted by atomic mass is 10.6. The van der Waals surface area contributed by atoms with Gasteiger partial charge in [0.25, 0.3) is 0 Å². The smallest absolute Gasteiger partial charge is 0.0579 e. The molecule has 0 aromatic carbocycles. The Kier molecular flexibility index (Phi) is 11.3. The summed E-state index contributed by atoms with van der Waals surface area (Å²) in [6.07, 6.45) is 4.05. The average molecular weight is 569 g/mol. The van der Waals surface area contributed by atoms with Crippen molar-refractivity contribution < 1.29 is 0 Å². The molecule has 2 nitrogen and oxygen atoms in total. The molecular formula is C16H34N2P6S4. The van der Waals surface area contributed by atoms with E-state index in [0.717, 1.165) is 23.6 Å². The molecule has 0 aliphatic carbocycles. The molecule has 162 valence electrons. The SMILES string of the molecule is CP(C)(=S)CP(CP(C)(C)=S)c1cnncc1P(CP(C)(C)=S)CP(C)(C)=S. The van der Waals surface area contributed by atoms with Crippen molar-refractivity contribution in [1.29, 1.82) is 0 Å². The topological polar surface area (TPSA) is 25.8 Å². The summed E-state index contributed by atoms with van der Waals surface area (Å²) in [6.45, 7) is 18.1. The van der Waals surface area contributed by atoms with E-state index in [1.165, 1.54) is 10.6 Å². The third kappa shape index (κ3) is 12.5. The maximum Gasteiger partial charge on any atom is 0.0579 e. The summed E-state index contributed by atoms with van der Waals surface area (Å²) < 4.78 is 0. The minimum Gasteiger partial charge on any atom is -0.158 e. The van der Waals surface area contributed by atoms with Crippen molar-refractivity contribution in [3.8, 4) is 0 Å². The summed E-state index contributed by atoms with van der Waals surface area (Å²) in [6, 6.07) is -5.36. The Hall–Kier alpha value is 2.54. The Labute approximate surface area is 196 Å². The lowest BCUT2D eigenvalue weighted by Gasteiger charge is -2.31. The van der Waals surface area contributed by atoms with Crippen LogP contribution in [0, 0.1) is 0 Å². The van der Waals surface area contributed by atoms with E-state index in [1.54, 1.807) is 0 Å². The molecule has 0 radical (unpaired) electrons. The number of rotatable bonds is 10. The Bertz CT molecular complexity index is 747. The maximum atomic E-state index is 5.89. The van der Waals surface area contributed by atoms with Gasteiger partial charge >= 0.3 is 0 Å². The lowest BCUT2D eigenvalue weighted by Crippen LogP contribution is -2.27. The Morgan fingerprint density at radius 2 is 0.786 bits per heavy atom. The molecule has 0 unspecified atom stereocenters. The van der Waals surface area contributed by atoms with Crippen molar-refractivity contribution in [2.24, 2.45) is 0 Å². The first kappa shape index (κ1) is 28.6. The fourth-order valence-electron chi connectivity index (χ4n) is 2.83. The highest BCUT2D eigenvalue weighted by Gasteiger charge is 2.28. The largest absolute Gasteiger partial charge is 0.158 e. The molecule has 0 N–H and O–H groups in total. The minimum absolute atomic E-state index is 0.407. The number of nitrogens with zero attached hydrogens (tertiary/aromatic N) is 2. The molecule has 0 aliphatic rings. The van der Waals surface area contributed by atoms with Crippen LogP contribution < -0.4 is 10.6 Å². The number of hydrogen-bond donors (Lipinski definition) is 0. The number of hydrogen-bond acceptors (Lipinski definition) is 6. The van der Waals surface area contributed by atoms with Crippen LogP contribution in [-0.4, -0.2) is 87.1 Å². The average Bonchev–Trinajstić information content (AvgIpc) is 2.39. The molecule has 0 atom stereocenters. The van der Waals surface area contributed by atoms with Crippen molar-refractivity contribution in [1.82, 2.24) is 10.2 Å². The molecule has 12 heteroatoms. The van der Waals surface area contributed by atoms with E-state index in [0.29, 0.717) is 0 Å². The first-order valence-corrected chi connectivity index (χ1v) is 27.8. The number of aromatic nitrogens is 2. The minimum atomic E-state index is -1.34. The van der Waals surface area contributed by atoms with Gasteiger partial charge in [0.15, 0.2) is 0 Å². The zero-order valence-corrected chi connectivity index (χ0v) is 26.8. The normalized spacial score (nSPS) is 14.1. The molecule has 1 aromatic rings. The van der Waals surface area contributed by atoms with Gasteiger partial charge in [-0.25, -0.2) is 0 Å². The molecule has 0 fully saturated rings. The Morgan fingerprint density at radius 1 is 0.571 bits per heavy atom. The second-order valence-corrected chi connectivity index (χ2v) is 41.3. The molecule has 1 heterocycles. The quantitative estimate of drug-likeness (QED) is 0.347. The van der Waals surface area contributed by atoms with Gasteiger partial charge in [0, 0.05) is 34.2 Å². The molecule has 0 aliphatic heterocycles. The van der Waals surface area contributed by atoms with Gasteiger partial charge in [0.1, 0.15) is 0 Å². The monoisotopic (exact) mass is 568 g/mol. The van der Waals surface area contributed by atoms with Gasteiger partial charge in [-0.05, 0) is 77.5 Å². The maximum absolute atomic E-state index is 5.89. The molecule has 1 rings (SSSR count). The van der Waals surface area contributed by atoms with Gasteiger partial charge in [-0.2, -0.15) is 10.2 Å².